The molecule has 2 aromatic carbocycles. The van der Waals surface area contributed by atoms with Crippen molar-refractivity contribution in [3.63, 3.8) is 0 Å². The molecule has 30 heavy (non-hydrogen) atoms. The number of nitrogens with one attached hydrogen (secondary N) is 1. The van der Waals surface area contributed by atoms with E-state index < -0.39 is 7.12 Å². The molecule has 2 fully saturated rings. The van der Waals surface area contributed by atoms with Gasteiger partial charge in [-0.15, -0.1) is 0 Å². The van der Waals surface area contributed by atoms with Crippen LogP contribution in [0, 0.1) is 11.3 Å². The van der Waals surface area contributed by atoms with Gasteiger partial charge in [0.15, 0.2) is 0 Å². The van der Waals surface area contributed by atoms with Crippen LogP contribution in [0.15, 0.2) is 48.5 Å². The lowest BCUT2D eigenvalue weighted by Crippen LogP contribution is -2.51. The number of hydrogen-bond donors (Lipinski definition) is 1. The van der Waals surface area contributed by atoms with Gasteiger partial charge in [-0.05, 0) is 82.2 Å². The molecule has 0 bridgehead atoms. The molecule has 2 aliphatic rings. The van der Waals surface area contributed by atoms with Gasteiger partial charge in [0.25, 0.3) is 5.91 Å². The first-order valence-electron chi connectivity index (χ1n) is 10.4. The van der Waals surface area contributed by atoms with E-state index in [1.54, 1.807) is 24.3 Å². The van der Waals surface area contributed by atoms with E-state index >= 15 is 0 Å². The maximum absolute atomic E-state index is 12.8. The number of benzene rings is 2. The summed E-state index contributed by atoms with van der Waals surface area (Å²) in [5, 5.41) is 12.2. The SMILES string of the molecule is CC1(C)OB(c2ccc(C3(NC(=O)c4ccc(C#N)cc4)CCC3)cc2)OC1(C)C. The second-order valence-electron chi connectivity index (χ2n) is 9.29. The molecule has 0 spiro atoms. The van der Waals surface area contributed by atoms with Crippen LogP contribution in [0.3, 0.4) is 0 Å². The molecule has 2 aromatic rings. The number of carbonyl (C=O) groups excluding carboxylic acids is 1. The van der Waals surface area contributed by atoms with Gasteiger partial charge < -0.3 is 14.6 Å². The molecule has 1 saturated heterocycles. The first-order valence-corrected chi connectivity index (χ1v) is 10.4. The third kappa shape index (κ3) is 3.53. The molecular formula is C24H27BN2O3. The Bertz CT molecular complexity index is 971. The molecule has 0 unspecified atom stereocenters. The van der Waals surface area contributed by atoms with Gasteiger partial charge >= 0.3 is 7.12 Å². The van der Waals surface area contributed by atoms with E-state index in [1.807, 2.05) is 39.8 Å². The zero-order valence-electron chi connectivity index (χ0n) is 18.0. The summed E-state index contributed by atoms with van der Waals surface area (Å²) < 4.78 is 12.3. The minimum absolute atomic E-state index is 0.116. The second kappa shape index (κ2) is 7.26. The monoisotopic (exact) mass is 402 g/mol. The standard InChI is InChI=1S/C24H27BN2O3/c1-22(2)23(3,4)30-25(29-22)20-12-10-19(11-13-20)24(14-5-15-24)27-21(28)18-8-6-17(16-26)7-9-18/h6-13H,5,14-15H2,1-4H3,(H,27,28). The van der Waals surface area contributed by atoms with Gasteiger partial charge in [-0.1, -0.05) is 24.3 Å². The van der Waals surface area contributed by atoms with Crippen LogP contribution in [0.1, 0.15) is 68.4 Å². The van der Waals surface area contributed by atoms with Crippen molar-refractivity contribution in [2.24, 2.45) is 0 Å². The van der Waals surface area contributed by atoms with Crippen molar-refractivity contribution < 1.29 is 14.1 Å². The maximum atomic E-state index is 12.8. The molecular weight excluding hydrogens is 375 g/mol. The van der Waals surface area contributed by atoms with Crippen molar-refractivity contribution in [1.82, 2.24) is 5.32 Å². The van der Waals surface area contributed by atoms with E-state index in [9.17, 15) is 4.79 Å². The van der Waals surface area contributed by atoms with Gasteiger partial charge in [-0.25, -0.2) is 0 Å². The Hall–Kier alpha value is -2.62. The van der Waals surface area contributed by atoms with Crippen LogP contribution in [-0.2, 0) is 14.8 Å². The third-order valence-electron chi connectivity index (χ3n) is 6.82. The predicted molar refractivity (Wildman–Crippen MR) is 116 cm³/mol. The van der Waals surface area contributed by atoms with Gasteiger partial charge in [0.2, 0.25) is 0 Å². The van der Waals surface area contributed by atoms with E-state index in [0.29, 0.717) is 11.1 Å². The smallest absolute Gasteiger partial charge is 0.399 e. The molecule has 1 aliphatic carbocycles. The van der Waals surface area contributed by atoms with E-state index in [2.05, 4.69) is 23.5 Å². The normalized spacial score (nSPS) is 20.8. The Labute approximate surface area is 178 Å². The highest BCUT2D eigenvalue weighted by Crippen LogP contribution is 2.41. The summed E-state index contributed by atoms with van der Waals surface area (Å²) in [5.41, 5.74) is 2.08. The van der Waals surface area contributed by atoms with Crippen LogP contribution < -0.4 is 10.8 Å². The minimum atomic E-state index is -0.394. The summed E-state index contributed by atoms with van der Waals surface area (Å²) >= 11 is 0. The molecule has 0 radical (unpaired) electrons. The number of hydrogen-bond acceptors (Lipinski definition) is 4. The number of carbonyl (C=O) groups is 1. The van der Waals surface area contributed by atoms with E-state index in [-0.39, 0.29) is 22.6 Å². The van der Waals surface area contributed by atoms with Crippen LogP contribution >= 0.6 is 0 Å². The lowest BCUT2D eigenvalue weighted by Gasteiger charge is -2.43. The molecule has 1 aliphatic heterocycles. The number of amides is 1. The summed E-state index contributed by atoms with van der Waals surface area (Å²) in [6.45, 7) is 8.18. The maximum Gasteiger partial charge on any atom is 0.494 e. The fourth-order valence-corrected chi connectivity index (χ4v) is 3.94. The molecule has 0 aromatic heterocycles. The molecule has 1 N–H and O–H groups in total. The van der Waals surface area contributed by atoms with Crippen molar-refractivity contribution in [2.45, 2.75) is 63.7 Å². The van der Waals surface area contributed by atoms with Crippen LogP contribution in [0.5, 0.6) is 0 Å². The van der Waals surface area contributed by atoms with Gasteiger partial charge in [-0.2, -0.15) is 5.26 Å². The van der Waals surface area contributed by atoms with E-state index in [4.69, 9.17) is 14.6 Å². The van der Waals surface area contributed by atoms with Gasteiger partial charge in [0, 0.05) is 5.56 Å². The van der Waals surface area contributed by atoms with Crippen molar-refractivity contribution in [2.75, 3.05) is 0 Å². The fourth-order valence-electron chi connectivity index (χ4n) is 3.94. The van der Waals surface area contributed by atoms with Gasteiger partial charge in [0.1, 0.15) is 0 Å². The first-order chi connectivity index (χ1) is 14.2. The highest BCUT2D eigenvalue weighted by Gasteiger charge is 2.51. The van der Waals surface area contributed by atoms with E-state index in [1.165, 1.54) is 0 Å². The number of rotatable bonds is 4. The Balaban J connectivity index is 1.51. The quantitative estimate of drug-likeness (QED) is 0.793. The predicted octanol–water partition coefficient (Wildman–Crippen LogP) is 3.67. The van der Waals surface area contributed by atoms with Crippen molar-refractivity contribution in [1.29, 1.82) is 5.26 Å². The summed E-state index contributed by atoms with van der Waals surface area (Å²) in [6, 6.07) is 17.0. The molecule has 154 valence electrons. The third-order valence-corrected chi connectivity index (χ3v) is 6.82. The van der Waals surface area contributed by atoms with Crippen LogP contribution in [0.2, 0.25) is 0 Å². The molecule has 1 heterocycles. The molecule has 1 saturated carbocycles. The summed E-state index contributed by atoms with van der Waals surface area (Å²) in [6.07, 6.45) is 2.89. The van der Waals surface area contributed by atoms with Crippen LogP contribution in [0.4, 0.5) is 0 Å². The molecule has 0 atom stereocenters. The first kappa shape index (κ1) is 20.6. The van der Waals surface area contributed by atoms with Crippen molar-refractivity contribution in [3.05, 3.63) is 65.2 Å². The lowest BCUT2D eigenvalue weighted by atomic mass is 9.70. The lowest BCUT2D eigenvalue weighted by molar-refractivity contribution is 0.00578. The van der Waals surface area contributed by atoms with Crippen LogP contribution in [0.25, 0.3) is 0 Å². The van der Waals surface area contributed by atoms with Crippen molar-refractivity contribution >= 4 is 18.5 Å². The minimum Gasteiger partial charge on any atom is -0.399 e. The molecule has 5 nitrogen and oxygen atoms in total. The average molecular weight is 402 g/mol. The van der Waals surface area contributed by atoms with Gasteiger partial charge in [0.05, 0.1) is 28.4 Å². The largest absolute Gasteiger partial charge is 0.494 e. The summed E-state index contributed by atoms with van der Waals surface area (Å²) in [7, 11) is -0.394. The summed E-state index contributed by atoms with van der Waals surface area (Å²) in [5.74, 6) is -0.116. The average Bonchev–Trinajstić information content (AvgIpc) is 2.92. The Kier molecular flexibility index (Phi) is 5.00. The topological polar surface area (TPSA) is 71.3 Å². The number of nitrogens with zero attached hydrogens (tertiary/aromatic N) is 1. The fraction of sp³-hybridized carbons (Fsp3) is 0.417. The molecule has 6 heteroatoms. The molecule has 4 rings (SSSR count). The highest BCUT2D eigenvalue weighted by molar-refractivity contribution is 6.62. The highest BCUT2D eigenvalue weighted by atomic mass is 16.7. The number of nitriles is 1. The van der Waals surface area contributed by atoms with E-state index in [0.717, 1.165) is 30.3 Å². The zero-order chi connectivity index (χ0) is 21.6. The zero-order valence-corrected chi connectivity index (χ0v) is 18.0. The van der Waals surface area contributed by atoms with Crippen LogP contribution in [-0.4, -0.2) is 24.2 Å². The Morgan fingerprint density at radius 3 is 2.00 bits per heavy atom. The van der Waals surface area contributed by atoms with Gasteiger partial charge in [-0.3, -0.25) is 4.79 Å². The summed E-state index contributed by atoms with van der Waals surface area (Å²) in [4.78, 5) is 12.8. The second-order valence-corrected chi connectivity index (χ2v) is 9.29. The van der Waals surface area contributed by atoms with Crippen molar-refractivity contribution in [3.8, 4) is 6.07 Å². The Morgan fingerprint density at radius 2 is 1.53 bits per heavy atom. The molecule has 1 amide bonds. The Morgan fingerprint density at radius 1 is 0.967 bits per heavy atom.